The Morgan fingerprint density at radius 3 is 2.71 bits per heavy atom. The molecule has 2 aliphatic heterocycles. The predicted octanol–water partition coefficient (Wildman–Crippen LogP) is 1.88. The van der Waals surface area contributed by atoms with Crippen molar-refractivity contribution in [2.75, 3.05) is 19.6 Å². The highest BCUT2D eigenvalue weighted by Gasteiger charge is 2.33. The van der Waals surface area contributed by atoms with Crippen LogP contribution < -0.4 is 5.32 Å². The van der Waals surface area contributed by atoms with E-state index in [0.29, 0.717) is 17.9 Å². The fourth-order valence-corrected chi connectivity index (χ4v) is 3.15. The highest BCUT2D eigenvalue weighted by Crippen LogP contribution is 2.27. The molecule has 3 unspecified atom stereocenters. The van der Waals surface area contributed by atoms with Gasteiger partial charge in [0.2, 0.25) is 5.91 Å². The zero-order chi connectivity index (χ0) is 12.4. The van der Waals surface area contributed by atoms with Crippen LogP contribution in [0.15, 0.2) is 0 Å². The van der Waals surface area contributed by atoms with Crippen molar-refractivity contribution in [3.05, 3.63) is 0 Å². The molecule has 0 bridgehead atoms. The van der Waals surface area contributed by atoms with Crippen molar-refractivity contribution in [2.45, 2.75) is 46.1 Å². The van der Waals surface area contributed by atoms with Gasteiger partial charge in [0.15, 0.2) is 0 Å². The van der Waals surface area contributed by atoms with Crippen LogP contribution in [0.2, 0.25) is 0 Å². The van der Waals surface area contributed by atoms with Crippen LogP contribution in [0, 0.1) is 17.8 Å². The van der Waals surface area contributed by atoms with E-state index in [1.54, 1.807) is 0 Å². The molecule has 98 valence electrons. The second-order valence-corrected chi connectivity index (χ2v) is 6.15. The van der Waals surface area contributed by atoms with Crippen LogP contribution in [0.25, 0.3) is 0 Å². The van der Waals surface area contributed by atoms with Crippen LogP contribution in [-0.2, 0) is 4.79 Å². The Morgan fingerprint density at radius 1 is 1.35 bits per heavy atom. The molecule has 17 heavy (non-hydrogen) atoms. The smallest absolute Gasteiger partial charge is 0.225 e. The third-order valence-electron chi connectivity index (χ3n) is 4.45. The second-order valence-electron chi connectivity index (χ2n) is 6.15. The number of piperidine rings is 1. The van der Waals surface area contributed by atoms with Crippen molar-refractivity contribution in [3.63, 3.8) is 0 Å². The lowest BCUT2D eigenvalue weighted by Crippen LogP contribution is -2.43. The first kappa shape index (κ1) is 12.9. The monoisotopic (exact) mass is 238 g/mol. The standard InChI is InChI=1S/C14H26N2O/c1-10(2)13-5-7-16(9-13)14(17)12-4-6-15-11(3)8-12/h10-13,15H,4-9H2,1-3H3. The first-order valence-corrected chi connectivity index (χ1v) is 7.10. The van der Waals surface area contributed by atoms with Crippen molar-refractivity contribution >= 4 is 5.91 Å². The molecule has 3 nitrogen and oxygen atoms in total. The minimum atomic E-state index is 0.275. The first-order chi connectivity index (χ1) is 8.08. The number of hydrogen-bond donors (Lipinski definition) is 1. The maximum Gasteiger partial charge on any atom is 0.225 e. The molecule has 1 amide bonds. The van der Waals surface area contributed by atoms with Gasteiger partial charge in [0.25, 0.3) is 0 Å². The fourth-order valence-electron chi connectivity index (χ4n) is 3.15. The Morgan fingerprint density at radius 2 is 2.12 bits per heavy atom. The Bertz CT molecular complexity index is 277. The summed E-state index contributed by atoms with van der Waals surface area (Å²) in [6.07, 6.45) is 3.23. The average molecular weight is 238 g/mol. The number of likely N-dealkylation sites (tertiary alicyclic amines) is 1. The molecule has 0 saturated carbocycles. The van der Waals surface area contributed by atoms with Gasteiger partial charge in [-0.3, -0.25) is 4.79 Å². The van der Waals surface area contributed by atoms with Gasteiger partial charge >= 0.3 is 0 Å². The molecule has 1 N–H and O–H groups in total. The van der Waals surface area contributed by atoms with Gasteiger partial charge in [-0.15, -0.1) is 0 Å². The highest BCUT2D eigenvalue weighted by atomic mass is 16.2. The van der Waals surface area contributed by atoms with Gasteiger partial charge in [-0.05, 0) is 44.6 Å². The Labute approximate surface area is 105 Å². The lowest BCUT2D eigenvalue weighted by atomic mass is 9.92. The van der Waals surface area contributed by atoms with Gasteiger partial charge in [-0.2, -0.15) is 0 Å². The van der Waals surface area contributed by atoms with E-state index in [4.69, 9.17) is 0 Å². The lowest BCUT2D eigenvalue weighted by molar-refractivity contribution is -0.135. The molecule has 0 aromatic heterocycles. The summed E-state index contributed by atoms with van der Waals surface area (Å²) in [5.41, 5.74) is 0. The van der Waals surface area contributed by atoms with E-state index in [9.17, 15) is 4.79 Å². The number of carbonyl (C=O) groups is 1. The molecule has 3 heteroatoms. The molecule has 3 atom stereocenters. The summed E-state index contributed by atoms with van der Waals surface area (Å²) < 4.78 is 0. The summed E-state index contributed by atoms with van der Waals surface area (Å²) >= 11 is 0. The maximum absolute atomic E-state index is 12.4. The number of carbonyl (C=O) groups excluding carboxylic acids is 1. The van der Waals surface area contributed by atoms with Crippen LogP contribution >= 0.6 is 0 Å². The average Bonchev–Trinajstić information content (AvgIpc) is 2.77. The number of nitrogens with one attached hydrogen (secondary N) is 1. The zero-order valence-corrected chi connectivity index (χ0v) is 11.4. The topological polar surface area (TPSA) is 32.3 Å². The first-order valence-electron chi connectivity index (χ1n) is 7.10. The van der Waals surface area contributed by atoms with Crippen molar-refractivity contribution in [3.8, 4) is 0 Å². The molecule has 2 rings (SSSR count). The normalized spacial score (nSPS) is 34.4. The van der Waals surface area contributed by atoms with E-state index in [-0.39, 0.29) is 5.92 Å². The molecule has 0 radical (unpaired) electrons. The van der Waals surface area contributed by atoms with Gasteiger partial charge in [-0.1, -0.05) is 13.8 Å². The van der Waals surface area contributed by atoms with Crippen molar-refractivity contribution in [2.24, 2.45) is 17.8 Å². The molecule has 2 saturated heterocycles. The fraction of sp³-hybridized carbons (Fsp3) is 0.929. The van der Waals surface area contributed by atoms with Crippen molar-refractivity contribution in [1.29, 1.82) is 0 Å². The Kier molecular flexibility index (Phi) is 4.08. The van der Waals surface area contributed by atoms with E-state index in [1.807, 2.05) is 0 Å². The second kappa shape index (κ2) is 5.38. The highest BCUT2D eigenvalue weighted by molar-refractivity contribution is 5.79. The molecule has 2 aliphatic rings. The molecule has 0 aliphatic carbocycles. The Hall–Kier alpha value is -0.570. The molecule has 0 aromatic carbocycles. The number of rotatable bonds is 2. The van der Waals surface area contributed by atoms with Gasteiger partial charge in [-0.25, -0.2) is 0 Å². The summed E-state index contributed by atoms with van der Waals surface area (Å²) in [6, 6.07) is 0.501. The Balaban J connectivity index is 1.88. The number of amides is 1. The summed E-state index contributed by atoms with van der Waals surface area (Å²) in [4.78, 5) is 14.5. The molecule has 0 spiro atoms. The van der Waals surface area contributed by atoms with Crippen LogP contribution in [0.4, 0.5) is 0 Å². The summed E-state index contributed by atoms with van der Waals surface area (Å²) in [7, 11) is 0. The number of nitrogens with zero attached hydrogens (tertiary/aromatic N) is 1. The molecule has 2 heterocycles. The van der Waals surface area contributed by atoms with Crippen LogP contribution in [-0.4, -0.2) is 36.5 Å². The molecular formula is C14H26N2O. The molecule has 2 fully saturated rings. The molecular weight excluding hydrogens is 212 g/mol. The maximum atomic E-state index is 12.4. The number of hydrogen-bond acceptors (Lipinski definition) is 2. The largest absolute Gasteiger partial charge is 0.342 e. The van der Waals surface area contributed by atoms with Crippen LogP contribution in [0.3, 0.4) is 0 Å². The predicted molar refractivity (Wildman–Crippen MR) is 69.7 cm³/mol. The summed E-state index contributed by atoms with van der Waals surface area (Å²) in [5.74, 6) is 2.12. The third-order valence-corrected chi connectivity index (χ3v) is 4.45. The van der Waals surface area contributed by atoms with E-state index < -0.39 is 0 Å². The van der Waals surface area contributed by atoms with Crippen LogP contribution in [0.5, 0.6) is 0 Å². The minimum absolute atomic E-state index is 0.275. The van der Waals surface area contributed by atoms with Gasteiger partial charge in [0, 0.05) is 25.0 Å². The van der Waals surface area contributed by atoms with E-state index >= 15 is 0 Å². The lowest BCUT2D eigenvalue weighted by Gasteiger charge is -2.30. The van der Waals surface area contributed by atoms with Crippen LogP contribution in [0.1, 0.15) is 40.0 Å². The van der Waals surface area contributed by atoms with Crippen molar-refractivity contribution in [1.82, 2.24) is 10.2 Å². The molecule has 0 aromatic rings. The third kappa shape index (κ3) is 3.01. The minimum Gasteiger partial charge on any atom is -0.342 e. The van der Waals surface area contributed by atoms with Gasteiger partial charge in [0.1, 0.15) is 0 Å². The van der Waals surface area contributed by atoms with E-state index in [0.717, 1.165) is 38.4 Å². The van der Waals surface area contributed by atoms with Gasteiger partial charge < -0.3 is 10.2 Å². The summed E-state index contributed by atoms with van der Waals surface area (Å²) in [6.45, 7) is 9.70. The SMILES string of the molecule is CC1CC(C(=O)N2CCC(C(C)C)C2)CCN1. The summed E-state index contributed by atoms with van der Waals surface area (Å²) in [5, 5.41) is 3.41. The zero-order valence-electron chi connectivity index (χ0n) is 11.4. The van der Waals surface area contributed by atoms with E-state index in [2.05, 4.69) is 31.0 Å². The van der Waals surface area contributed by atoms with Crippen molar-refractivity contribution < 1.29 is 4.79 Å². The van der Waals surface area contributed by atoms with E-state index in [1.165, 1.54) is 6.42 Å². The quantitative estimate of drug-likeness (QED) is 0.796. The van der Waals surface area contributed by atoms with Gasteiger partial charge in [0.05, 0.1) is 0 Å².